The molecule has 18 heavy (non-hydrogen) atoms. The Labute approximate surface area is 115 Å². The topological polar surface area (TPSA) is 202 Å². The Balaban J connectivity index is -0.0000000799. The van der Waals surface area contributed by atoms with Crippen LogP contribution in [0.5, 0.6) is 0 Å². The van der Waals surface area contributed by atoms with E-state index in [4.69, 9.17) is 48.2 Å². The Morgan fingerprint density at radius 3 is 0.889 bits per heavy atom. The van der Waals surface area contributed by atoms with Crippen LogP contribution in [0.3, 0.4) is 0 Å². The molecule has 0 rings (SSSR count). The molecule has 1 radical (unpaired) electrons. The molecular formula is C6H16CuO10S. The van der Waals surface area contributed by atoms with E-state index in [0.717, 1.165) is 0 Å². The first-order chi connectivity index (χ1) is 7.62. The van der Waals surface area contributed by atoms with Gasteiger partial charge >= 0.3 is 17.1 Å². The van der Waals surface area contributed by atoms with Crippen molar-refractivity contribution in [1.29, 1.82) is 0 Å². The first kappa shape index (κ1) is 26.7. The fraction of sp³-hybridized carbons (Fsp3) is 1.00. The summed E-state index contributed by atoms with van der Waals surface area (Å²) in [5.41, 5.74) is 0. The summed E-state index contributed by atoms with van der Waals surface area (Å²) in [7, 11) is -5.17. The second-order valence-electron chi connectivity index (χ2n) is 2.45. The fourth-order valence-corrected chi connectivity index (χ4v) is 0.115. The third-order valence-electron chi connectivity index (χ3n) is 0.843. The monoisotopic (exact) mass is 343 g/mol. The number of hydrogen-bond donors (Lipinski definition) is 6. The number of rotatable bonds is 4. The van der Waals surface area contributed by atoms with Gasteiger partial charge in [-0.25, -0.2) is 0 Å². The maximum Gasteiger partial charge on any atom is 2.00 e. The van der Waals surface area contributed by atoms with Crippen LogP contribution >= 0.6 is 0 Å². The van der Waals surface area contributed by atoms with E-state index in [1.807, 2.05) is 0 Å². The van der Waals surface area contributed by atoms with Crippen molar-refractivity contribution in [2.24, 2.45) is 0 Å². The van der Waals surface area contributed by atoms with Crippen molar-refractivity contribution in [3.8, 4) is 0 Å². The molecule has 0 spiro atoms. The Morgan fingerprint density at radius 1 is 0.778 bits per heavy atom. The quantitative estimate of drug-likeness (QED) is 0.163. The van der Waals surface area contributed by atoms with Crippen molar-refractivity contribution in [3.63, 3.8) is 0 Å². The zero-order valence-corrected chi connectivity index (χ0v) is 10.8. The summed E-state index contributed by atoms with van der Waals surface area (Å²) in [6, 6.07) is 0. The van der Waals surface area contributed by atoms with Crippen molar-refractivity contribution in [2.75, 3.05) is 26.4 Å². The summed E-state index contributed by atoms with van der Waals surface area (Å²) in [5.74, 6) is 0. The second kappa shape index (κ2) is 17.1. The van der Waals surface area contributed by atoms with Gasteiger partial charge in [0, 0.05) is 10.4 Å². The third-order valence-corrected chi connectivity index (χ3v) is 0.843. The molecule has 0 aromatic heterocycles. The van der Waals surface area contributed by atoms with Crippen LogP contribution in [0.4, 0.5) is 0 Å². The van der Waals surface area contributed by atoms with Crippen LogP contribution < -0.4 is 0 Å². The minimum Gasteiger partial charge on any atom is -0.759 e. The smallest absolute Gasteiger partial charge is 0.759 e. The molecule has 0 aliphatic heterocycles. The van der Waals surface area contributed by atoms with E-state index in [1.54, 1.807) is 0 Å². The van der Waals surface area contributed by atoms with Crippen molar-refractivity contribution in [2.45, 2.75) is 12.2 Å². The molecule has 0 saturated carbocycles. The predicted molar refractivity (Wildman–Crippen MR) is 50.8 cm³/mol. The summed E-state index contributed by atoms with van der Waals surface area (Å²) < 4.78 is 34.1. The van der Waals surface area contributed by atoms with Gasteiger partial charge in [-0.05, 0) is 0 Å². The maximum absolute atomic E-state index is 8.52. The molecule has 0 aromatic rings. The van der Waals surface area contributed by atoms with Crippen LogP contribution in [0.1, 0.15) is 0 Å². The number of aliphatic hydroxyl groups is 6. The van der Waals surface area contributed by atoms with Gasteiger partial charge in [-0.15, -0.1) is 0 Å². The molecule has 0 atom stereocenters. The third kappa shape index (κ3) is 55.8. The Kier molecular flexibility index (Phi) is 25.4. The van der Waals surface area contributed by atoms with E-state index in [1.165, 1.54) is 0 Å². The zero-order chi connectivity index (χ0) is 14.5. The molecule has 0 aromatic carbocycles. The van der Waals surface area contributed by atoms with Gasteiger partial charge in [-0.1, -0.05) is 0 Å². The molecule has 0 aliphatic rings. The van der Waals surface area contributed by atoms with Crippen LogP contribution in [-0.2, 0) is 27.5 Å². The summed E-state index contributed by atoms with van der Waals surface area (Å²) in [4.78, 5) is 0. The van der Waals surface area contributed by atoms with Crippen LogP contribution in [-0.4, -0.2) is 86.8 Å². The summed E-state index contributed by atoms with van der Waals surface area (Å²) in [5, 5.41) is 48.0. The van der Waals surface area contributed by atoms with Gasteiger partial charge in [-0.3, -0.25) is 8.42 Å². The zero-order valence-electron chi connectivity index (χ0n) is 9.01. The Hall–Kier alpha value is 0.149. The molecule has 0 fully saturated rings. The largest absolute Gasteiger partial charge is 2.00 e. The van der Waals surface area contributed by atoms with Crippen molar-refractivity contribution in [3.05, 3.63) is 0 Å². The predicted octanol–water partition coefficient (Wildman–Crippen LogP) is -4.68. The van der Waals surface area contributed by atoms with Crippen LogP contribution in [0.15, 0.2) is 0 Å². The molecule has 0 heterocycles. The van der Waals surface area contributed by atoms with Gasteiger partial charge in [0.15, 0.2) is 0 Å². The minimum absolute atomic E-state index is 0. The average Bonchev–Trinajstić information content (AvgIpc) is 2.25. The first-order valence-electron chi connectivity index (χ1n) is 4.08. The van der Waals surface area contributed by atoms with Crippen molar-refractivity contribution in [1.82, 2.24) is 0 Å². The Morgan fingerprint density at radius 2 is 0.889 bits per heavy atom. The van der Waals surface area contributed by atoms with Crippen molar-refractivity contribution < 1.29 is 65.2 Å². The molecule has 12 heteroatoms. The molecule has 0 unspecified atom stereocenters. The normalized spacial score (nSPS) is 9.89. The SMILES string of the molecule is O=S(=O)([O-])[O-].OCC(O)CO.OCC(O)CO.[Cu+2]. The van der Waals surface area contributed by atoms with Gasteiger partial charge in [0.1, 0.15) is 12.2 Å². The molecular weight excluding hydrogens is 328 g/mol. The van der Waals surface area contributed by atoms with E-state index in [2.05, 4.69) is 0 Å². The van der Waals surface area contributed by atoms with Gasteiger partial charge < -0.3 is 39.7 Å². The molecule has 0 bridgehead atoms. The maximum atomic E-state index is 8.52. The summed E-state index contributed by atoms with van der Waals surface area (Å²) in [6.07, 6.45) is -1.91. The van der Waals surface area contributed by atoms with Crippen LogP contribution in [0.25, 0.3) is 0 Å². The molecule has 0 saturated heterocycles. The van der Waals surface area contributed by atoms with Gasteiger partial charge in [0.2, 0.25) is 0 Å². The van der Waals surface area contributed by atoms with Gasteiger partial charge in [-0.2, -0.15) is 0 Å². The summed E-state index contributed by atoms with van der Waals surface area (Å²) >= 11 is 0. The molecule has 0 amide bonds. The van der Waals surface area contributed by atoms with Crippen LogP contribution in [0, 0.1) is 0 Å². The second-order valence-corrected chi connectivity index (χ2v) is 3.26. The van der Waals surface area contributed by atoms with E-state index < -0.39 is 22.6 Å². The molecule has 10 nitrogen and oxygen atoms in total. The molecule has 6 N–H and O–H groups in total. The molecule has 0 aliphatic carbocycles. The van der Waals surface area contributed by atoms with Crippen LogP contribution in [0.2, 0.25) is 0 Å². The Bertz CT molecular complexity index is 207. The summed E-state index contributed by atoms with van der Waals surface area (Å²) in [6.45, 7) is -1.46. The van der Waals surface area contributed by atoms with E-state index in [-0.39, 0.29) is 43.5 Å². The van der Waals surface area contributed by atoms with Crippen molar-refractivity contribution >= 4 is 10.4 Å². The van der Waals surface area contributed by atoms with E-state index in [0.29, 0.717) is 0 Å². The minimum atomic E-state index is -5.17. The number of hydrogen-bond acceptors (Lipinski definition) is 10. The molecule has 117 valence electrons. The fourth-order valence-electron chi connectivity index (χ4n) is 0.115. The number of aliphatic hydroxyl groups excluding tert-OH is 6. The van der Waals surface area contributed by atoms with Gasteiger partial charge in [0.25, 0.3) is 0 Å². The van der Waals surface area contributed by atoms with E-state index >= 15 is 0 Å². The average molecular weight is 344 g/mol. The van der Waals surface area contributed by atoms with E-state index in [9.17, 15) is 0 Å². The standard InChI is InChI=1S/2C3H8O3.Cu.H2O4S/c2*4-1-3(6)2-5;;1-5(2,3)4/h2*3-6H,1-2H2;;(H2,1,2,3,4)/q;;+2;/p-2. The van der Waals surface area contributed by atoms with Gasteiger partial charge in [0.05, 0.1) is 26.4 Å². The first-order valence-corrected chi connectivity index (χ1v) is 5.41.